The minimum absolute atomic E-state index is 0.0636. The summed E-state index contributed by atoms with van der Waals surface area (Å²) in [4.78, 5) is 0. The summed E-state index contributed by atoms with van der Waals surface area (Å²) in [6.45, 7) is 1.35. The number of hydrogen-bond acceptors (Lipinski definition) is 42. The van der Waals surface area contributed by atoms with Gasteiger partial charge >= 0.3 is 0 Å². The van der Waals surface area contributed by atoms with Gasteiger partial charge in [-0.1, -0.05) is 170 Å². The number of thioether (sulfide) groups is 7. The molecule has 7 aromatic carbocycles. The molecule has 1 unspecified atom stereocenters. The zero-order chi connectivity index (χ0) is 98.8. The van der Waals surface area contributed by atoms with Crippen LogP contribution in [-0.2, 0) is 152 Å². The topological polar surface area (TPSA) is 595 Å². The summed E-state index contributed by atoms with van der Waals surface area (Å²) in [6.07, 6.45) is -63.3. The van der Waals surface area contributed by atoms with Crippen LogP contribution in [0.5, 0.6) is 0 Å². The fourth-order valence-electron chi connectivity index (χ4n) is 18.6. The first-order valence-corrected chi connectivity index (χ1v) is 55.1. The molecule has 35 atom stereocenters. The number of benzene rings is 7. The van der Waals surface area contributed by atoms with Gasteiger partial charge in [0.25, 0.3) is 0 Å². The second-order valence-corrected chi connectivity index (χ2v) is 43.0. The third kappa shape index (κ3) is 26.7. The van der Waals surface area contributed by atoms with Gasteiger partial charge in [-0.3, -0.25) is 0 Å². The van der Waals surface area contributed by atoms with E-state index in [1.54, 1.807) is 0 Å². The molecule has 0 aromatic heterocycles. The Hall–Kier alpha value is -4.41. The van der Waals surface area contributed by atoms with Crippen molar-refractivity contribution in [3.63, 3.8) is 0 Å². The normalized spacial score (nSPS) is 35.6. The molecule has 21 heterocycles. The van der Waals surface area contributed by atoms with Crippen molar-refractivity contribution in [3.8, 4) is 0 Å². The van der Waals surface area contributed by atoms with Crippen LogP contribution in [0, 0.1) is 0 Å². The van der Waals surface area contributed by atoms with Gasteiger partial charge in [0.15, 0.2) is 44.0 Å². The summed E-state index contributed by atoms with van der Waals surface area (Å²) in [7, 11) is 0. The highest BCUT2D eigenvalue weighted by Crippen LogP contribution is 2.44. The predicted molar refractivity (Wildman–Crippen MR) is 532 cm³/mol. The average Bonchev–Trinajstić information content (AvgIpc) is 0.780. The van der Waals surface area contributed by atoms with Gasteiger partial charge in [-0.2, -0.15) is 82.3 Å². The van der Waals surface area contributed by atoms with E-state index in [0.29, 0.717) is 40.3 Å². The second-order valence-electron chi connectivity index (χ2n) is 35.8. The highest BCUT2D eigenvalue weighted by molar-refractivity contribution is 7.99. The van der Waals surface area contributed by atoms with Gasteiger partial charge in [0, 0.05) is 126 Å². The molecule has 21 aliphatic heterocycles. The van der Waals surface area contributed by atoms with Crippen molar-refractivity contribution in [3.05, 3.63) is 248 Å². The van der Waals surface area contributed by atoms with Crippen molar-refractivity contribution in [1.29, 1.82) is 0 Å². The van der Waals surface area contributed by atoms with E-state index in [4.69, 9.17) is 106 Å². The molecule has 21 aliphatic rings. The maximum atomic E-state index is 12.9. The molecule has 770 valence electrons. The van der Waals surface area contributed by atoms with Gasteiger partial charge in [0.05, 0.1) is 42.7 Å². The van der Waals surface area contributed by atoms with E-state index >= 15 is 0 Å². The summed E-state index contributed by atoms with van der Waals surface area (Å²) >= 11 is 9.22. The highest BCUT2D eigenvalue weighted by atomic mass is 32.2. The van der Waals surface area contributed by atoms with Crippen molar-refractivity contribution >= 4 is 82.3 Å². The molecule has 14 bridgehead atoms. The van der Waals surface area contributed by atoms with Crippen LogP contribution in [-0.4, -0.2) is 327 Å². The maximum absolute atomic E-state index is 12.9. The number of rotatable bonds is 35. The first-order valence-electron chi connectivity index (χ1n) is 47.0. The Morgan fingerprint density at radius 2 is 0.264 bits per heavy atom. The standard InChI is InChI=1S/C98H133N7O28S7/c99-29-50-15-1-8-22-57(50)36-134-43-64-85-71(106)78(113)92(120-64)128-86-65(44-135-37-58-23-9-2-16-51(58)30-100)122-94(80(115)73(86)108)130-88-67(46-137-39-60-25-11-4-18-53(60)32-102)124-96(82(117)75(88)110)132-90-69(48-139-41-62-27-13-6-20-55(62)34-104)126-98(84(119)77(90)112)133-91-70(49-140-42-63-28-14-7-21-56(63)35-105)125-97(83(118)76(91)111)131-89-68(47-138-40-61-26-12-5-19-54(61)33-103)123-95(81(116)74(89)109)129-87-66(121-93(127-85)79(114)72(87)107)45-136-38-59-24-10-3-17-52(59)31-101/h1-28,64-98,106-119H,29-49,99-105H2/t64-,65-,66-,67-,68-,69-,70-,71-,72-,73-,74-,75-,76-,77-,78-,79-,80-,81-,82-,83-,84-,85-,86-,87-,88-,89-,90-,91-,92-,93-,94-,95-,96-,97-,98?/m1/s1. The number of nitrogens with two attached hydrogens (primary N) is 7. The van der Waals surface area contributed by atoms with Gasteiger partial charge < -0.3 is 178 Å². The molecular formula is C98H133N7O28S7. The van der Waals surface area contributed by atoms with E-state index in [2.05, 4.69) is 0 Å². The lowest BCUT2D eigenvalue weighted by molar-refractivity contribution is -0.389. The van der Waals surface area contributed by atoms with Gasteiger partial charge in [0.1, 0.15) is 128 Å². The van der Waals surface area contributed by atoms with E-state index in [9.17, 15) is 71.5 Å². The van der Waals surface area contributed by atoms with Crippen LogP contribution in [0.3, 0.4) is 0 Å². The zero-order valence-electron chi connectivity index (χ0n) is 77.1. The zero-order valence-corrected chi connectivity index (χ0v) is 82.8. The van der Waals surface area contributed by atoms with Crippen LogP contribution in [0.25, 0.3) is 0 Å². The summed E-state index contributed by atoms with van der Waals surface area (Å²) in [5.74, 6) is 1.75. The molecule has 35 nitrogen and oxygen atoms in total. The lowest BCUT2D eigenvalue weighted by atomic mass is 9.95. The van der Waals surface area contributed by atoms with Crippen LogP contribution in [0.4, 0.5) is 0 Å². The van der Waals surface area contributed by atoms with E-state index < -0.39 is 215 Å². The monoisotopic (exact) mass is 2080 g/mol. The Balaban J connectivity index is 0.816. The molecule has 42 heteroatoms. The molecule has 28 N–H and O–H groups in total. The lowest BCUT2D eigenvalue weighted by Gasteiger charge is -2.50. The Morgan fingerprint density at radius 3 is 0.371 bits per heavy atom. The van der Waals surface area contributed by atoms with Crippen molar-refractivity contribution < 1.29 is 138 Å². The Kier molecular flexibility index (Phi) is 41.7. The number of aliphatic hydroxyl groups excluding tert-OH is 14. The fourth-order valence-corrected chi connectivity index (χ4v) is 26.4. The molecular weight excluding hydrogens is 1950 g/mol. The Bertz CT molecular complexity index is 4150. The van der Waals surface area contributed by atoms with Gasteiger partial charge in [-0.05, 0) is 77.9 Å². The third-order valence-corrected chi connectivity index (χ3v) is 34.2. The number of hydrogen-bond donors (Lipinski definition) is 21. The summed E-state index contributed by atoms with van der Waals surface area (Å²) in [6, 6.07) is 52.4. The molecule has 21 saturated heterocycles. The third-order valence-electron chi connectivity index (χ3n) is 26.7. The first-order chi connectivity index (χ1) is 67.9. The molecule has 21 fully saturated rings. The highest BCUT2D eigenvalue weighted by Gasteiger charge is 2.60. The van der Waals surface area contributed by atoms with E-state index in [1.807, 2.05) is 170 Å². The molecule has 140 heavy (non-hydrogen) atoms. The van der Waals surface area contributed by atoms with Gasteiger partial charge in [-0.25, -0.2) is 0 Å². The van der Waals surface area contributed by atoms with Gasteiger partial charge in [-0.15, -0.1) is 0 Å². The van der Waals surface area contributed by atoms with Crippen molar-refractivity contribution in [2.75, 3.05) is 40.3 Å². The summed E-state index contributed by atoms with van der Waals surface area (Å²) < 4.78 is 94.8. The maximum Gasteiger partial charge on any atom is 0.187 e. The smallest absolute Gasteiger partial charge is 0.187 e. The first kappa shape index (κ1) is 110. The van der Waals surface area contributed by atoms with Gasteiger partial charge in [0.2, 0.25) is 0 Å². The van der Waals surface area contributed by atoms with Crippen molar-refractivity contribution in [2.24, 2.45) is 40.1 Å². The van der Waals surface area contributed by atoms with Crippen molar-refractivity contribution in [1.82, 2.24) is 0 Å². The van der Waals surface area contributed by atoms with Crippen LogP contribution >= 0.6 is 82.3 Å². The van der Waals surface area contributed by atoms with E-state index in [-0.39, 0.29) is 86.1 Å². The second kappa shape index (κ2) is 53.1. The molecule has 7 aromatic rings. The average molecular weight is 2080 g/mol. The molecule has 28 rings (SSSR count). The fraction of sp³-hybridized carbons (Fsp3) is 0.571. The molecule has 0 spiro atoms. The molecule has 0 saturated carbocycles. The summed E-state index contributed by atoms with van der Waals surface area (Å²) in [5.41, 5.74) is 55.6. The molecule has 0 radical (unpaired) electrons. The Labute approximate surface area is 843 Å². The quantitative estimate of drug-likeness (QED) is 0.0268. The predicted octanol–water partition coefficient (Wildman–Crippen LogP) is 1.57. The van der Waals surface area contributed by atoms with Crippen LogP contribution in [0.2, 0.25) is 0 Å². The largest absolute Gasteiger partial charge is 0.387 e. The Morgan fingerprint density at radius 1 is 0.157 bits per heavy atom. The lowest BCUT2D eigenvalue weighted by Crippen LogP contribution is -2.68. The SMILES string of the molecule is NCc1ccccc1CSC[C@H]1O[C@@H]2O[C@H]3[C@H](O)[C@@H](O)[C@@H](O[C@H]4[C@H](O)[C@@H](O)[C@@H](O[C@H]5[C@H](O)[C@@H](O)[C@@H](O[C@H]6[C@H](O)[C@@H](O)[C@@H](O[C@H]7[C@H](O)[C@@H](O)[C@@H](O[C@H]8[C@H](O)[C@@H](O)C(O[C@H]1[C@H](O)[C@H]2O)O[C@@H]8CSCc1ccccc1CN)O[C@@H]7CSCc1ccccc1CN)O[C@@H]6CSCc1ccccc1CN)O[C@@H]5CSCc1ccccc1CN)O[C@@H]4CSCc1ccccc1CN)O[C@@H]3CSCc1ccccc1CN. The van der Waals surface area contributed by atoms with Crippen LogP contribution < -0.4 is 40.1 Å². The van der Waals surface area contributed by atoms with E-state index in [0.717, 1.165) is 77.9 Å². The van der Waals surface area contributed by atoms with Crippen LogP contribution in [0.1, 0.15) is 77.9 Å². The minimum Gasteiger partial charge on any atom is -0.387 e. The van der Waals surface area contributed by atoms with Crippen molar-refractivity contribution in [2.45, 2.75) is 301 Å². The van der Waals surface area contributed by atoms with Crippen LogP contribution in [0.15, 0.2) is 170 Å². The molecule has 0 amide bonds. The summed E-state index contributed by atoms with van der Waals surface area (Å²) in [5, 5.41) is 179. The number of ether oxygens (including phenoxy) is 14. The number of aliphatic hydroxyl groups is 14. The van der Waals surface area contributed by atoms with E-state index in [1.165, 1.54) is 82.3 Å². The molecule has 0 aliphatic carbocycles. The minimum atomic E-state index is -2.10.